The molecule has 6 nitrogen and oxygen atoms in total. The van der Waals surface area contributed by atoms with Gasteiger partial charge in [0.2, 0.25) is 5.82 Å². The molecule has 3 rings (SSSR count). The molecule has 0 N–H and O–H groups in total. The quantitative estimate of drug-likeness (QED) is 0.676. The Morgan fingerprint density at radius 1 is 1.10 bits per heavy atom. The van der Waals surface area contributed by atoms with Crippen LogP contribution in [0.25, 0.3) is 17.1 Å². The lowest BCUT2D eigenvalue weighted by molar-refractivity contribution is 0.101. The largest absolute Gasteiger partial charge is 0.293 e. The molecule has 1 aromatic carbocycles. The van der Waals surface area contributed by atoms with Crippen molar-refractivity contribution < 1.29 is 4.79 Å². The maximum absolute atomic E-state index is 11.2. The molecule has 0 bridgehead atoms. The zero-order valence-electron chi connectivity index (χ0n) is 10.8. The number of tetrazole rings is 1. The molecule has 0 aliphatic heterocycles. The summed E-state index contributed by atoms with van der Waals surface area (Å²) < 4.78 is 0. The van der Waals surface area contributed by atoms with Gasteiger partial charge >= 0.3 is 0 Å². The van der Waals surface area contributed by atoms with Gasteiger partial charge in [-0.15, -0.1) is 15.0 Å². The second kappa shape index (κ2) is 5.00. The van der Waals surface area contributed by atoms with Crippen LogP contribution in [0.15, 0.2) is 48.7 Å². The average molecular weight is 265 g/mol. The Labute approximate surface area is 115 Å². The number of rotatable bonds is 3. The molecule has 0 saturated heterocycles. The highest BCUT2D eigenvalue weighted by Crippen LogP contribution is 2.13. The minimum absolute atomic E-state index is 0.0759. The fourth-order valence-electron chi connectivity index (χ4n) is 1.74. The van der Waals surface area contributed by atoms with Gasteiger partial charge in [0.15, 0.2) is 5.78 Å². The molecule has 3 aromatic rings. The van der Waals surface area contributed by atoms with E-state index in [0.29, 0.717) is 17.2 Å². The fraction of sp³-hybridized carbons (Fsp3) is 0.0714. The summed E-state index contributed by atoms with van der Waals surface area (Å²) >= 11 is 0. The van der Waals surface area contributed by atoms with Crippen LogP contribution in [-0.4, -0.2) is 31.0 Å². The summed E-state index contributed by atoms with van der Waals surface area (Å²) in [6.07, 6.45) is 1.55. The van der Waals surface area contributed by atoms with Crippen molar-refractivity contribution in [3.05, 3.63) is 54.4 Å². The van der Waals surface area contributed by atoms with Gasteiger partial charge in [-0.2, -0.15) is 0 Å². The topological polar surface area (TPSA) is 73.6 Å². The molecular formula is C14H11N5O. The molecular weight excluding hydrogens is 254 g/mol. The van der Waals surface area contributed by atoms with Gasteiger partial charge in [0.1, 0.15) is 11.4 Å². The summed E-state index contributed by atoms with van der Waals surface area (Å²) in [4.78, 5) is 16.6. The van der Waals surface area contributed by atoms with Crippen LogP contribution < -0.4 is 0 Å². The number of aromatic nitrogens is 5. The van der Waals surface area contributed by atoms with Gasteiger partial charge in [0.05, 0.1) is 6.20 Å². The first-order valence-electron chi connectivity index (χ1n) is 6.07. The molecule has 20 heavy (non-hydrogen) atoms. The molecule has 0 atom stereocenters. The van der Waals surface area contributed by atoms with Crippen LogP contribution in [0, 0.1) is 0 Å². The van der Waals surface area contributed by atoms with Gasteiger partial charge in [-0.05, 0) is 17.3 Å². The highest BCUT2D eigenvalue weighted by molar-refractivity contribution is 5.92. The number of Topliss-reactive ketones (excluding diaryl/α,β-unsaturated/α-hetero) is 1. The second-order valence-corrected chi connectivity index (χ2v) is 4.23. The summed E-state index contributed by atoms with van der Waals surface area (Å²) in [5, 5.41) is 12.3. The second-order valence-electron chi connectivity index (χ2n) is 4.23. The number of benzene rings is 1. The Bertz CT molecular complexity index is 734. The third-order valence-electron chi connectivity index (χ3n) is 2.79. The van der Waals surface area contributed by atoms with Gasteiger partial charge in [-0.25, -0.2) is 0 Å². The standard InChI is InChI=1S/C14H11N5O/c1-10(20)13-8-7-12(9-15-13)19-17-14(16-18-19)11-5-3-2-4-6-11/h2-9H,1H3. The van der Waals surface area contributed by atoms with E-state index in [-0.39, 0.29) is 5.78 Å². The lowest BCUT2D eigenvalue weighted by Crippen LogP contribution is -2.02. The number of pyridine rings is 1. The third kappa shape index (κ3) is 2.31. The van der Waals surface area contributed by atoms with E-state index >= 15 is 0 Å². The Balaban J connectivity index is 1.92. The van der Waals surface area contributed by atoms with Crippen molar-refractivity contribution in [3.63, 3.8) is 0 Å². The molecule has 98 valence electrons. The first-order chi connectivity index (χ1) is 9.74. The number of hydrogen-bond acceptors (Lipinski definition) is 5. The summed E-state index contributed by atoms with van der Waals surface area (Å²) in [6, 6.07) is 13.0. The van der Waals surface area contributed by atoms with Crippen molar-refractivity contribution in [1.29, 1.82) is 0 Å². The van der Waals surface area contributed by atoms with Gasteiger partial charge < -0.3 is 0 Å². The highest BCUT2D eigenvalue weighted by atomic mass is 16.1. The van der Waals surface area contributed by atoms with Gasteiger partial charge in [0, 0.05) is 12.5 Å². The molecule has 2 aromatic heterocycles. The predicted octanol–water partition coefficient (Wildman–Crippen LogP) is 1.93. The van der Waals surface area contributed by atoms with Gasteiger partial charge in [0.25, 0.3) is 0 Å². The van der Waals surface area contributed by atoms with Crippen molar-refractivity contribution in [2.24, 2.45) is 0 Å². The summed E-state index contributed by atoms with van der Waals surface area (Å²) in [6.45, 7) is 1.48. The molecule has 6 heteroatoms. The maximum atomic E-state index is 11.2. The molecule has 0 aliphatic rings. The third-order valence-corrected chi connectivity index (χ3v) is 2.79. The Hall–Kier alpha value is -2.89. The first-order valence-corrected chi connectivity index (χ1v) is 6.07. The minimum Gasteiger partial charge on any atom is -0.293 e. The van der Waals surface area contributed by atoms with E-state index in [1.807, 2.05) is 30.3 Å². The molecule has 0 amide bonds. The first kappa shape index (κ1) is 12.2. The maximum Gasteiger partial charge on any atom is 0.205 e. The van der Waals surface area contributed by atoms with Crippen LogP contribution >= 0.6 is 0 Å². The SMILES string of the molecule is CC(=O)c1ccc(-n2nnc(-c3ccccc3)n2)cn1. The van der Waals surface area contributed by atoms with Crippen LogP contribution in [0.3, 0.4) is 0 Å². The lowest BCUT2D eigenvalue weighted by atomic mass is 10.2. The van der Waals surface area contributed by atoms with Crippen LogP contribution in [0.2, 0.25) is 0 Å². The minimum atomic E-state index is -0.0759. The van der Waals surface area contributed by atoms with Gasteiger partial charge in [-0.1, -0.05) is 30.3 Å². The van der Waals surface area contributed by atoms with Crippen molar-refractivity contribution in [2.75, 3.05) is 0 Å². The van der Waals surface area contributed by atoms with Crippen LogP contribution in [0.5, 0.6) is 0 Å². The fourth-order valence-corrected chi connectivity index (χ4v) is 1.74. The van der Waals surface area contributed by atoms with Crippen LogP contribution in [-0.2, 0) is 0 Å². The number of carbonyl (C=O) groups is 1. The van der Waals surface area contributed by atoms with Gasteiger partial charge in [-0.3, -0.25) is 9.78 Å². The zero-order chi connectivity index (χ0) is 13.9. The Kier molecular flexibility index (Phi) is 3.04. The molecule has 0 fully saturated rings. The van der Waals surface area contributed by atoms with Crippen molar-refractivity contribution in [1.82, 2.24) is 25.2 Å². The number of nitrogens with zero attached hydrogens (tertiary/aromatic N) is 5. The highest BCUT2D eigenvalue weighted by Gasteiger charge is 2.08. The van der Waals surface area contributed by atoms with Crippen molar-refractivity contribution in [2.45, 2.75) is 6.92 Å². The summed E-state index contributed by atoms with van der Waals surface area (Å²) in [5.74, 6) is 0.467. The van der Waals surface area contributed by atoms with Crippen molar-refractivity contribution in [3.8, 4) is 17.1 Å². The van der Waals surface area contributed by atoms with Crippen molar-refractivity contribution >= 4 is 5.78 Å². The van der Waals surface area contributed by atoms with Crippen LogP contribution in [0.4, 0.5) is 0 Å². The summed E-state index contributed by atoms with van der Waals surface area (Å²) in [5.41, 5.74) is 1.97. The lowest BCUT2D eigenvalue weighted by Gasteiger charge is -1.98. The predicted molar refractivity (Wildman–Crippen MR) is 72.4 cm³/mol. The molecule has 0 unspecified atom stereocenters. The molecule has 2 heterocycles. The molecule has 0 radical (unpaired) electrons. The van der Waals surface area contributed by atoms with E-state index < -0.39 is 0 Å². The van der Waals surface area contributed by atoms with E-state index in [0.717, 1.165) is 5.56 Å². The van der Waals surface area contributed by atoms with E-state index in [4.69, 9.17) is 0 Å². The average Bonchev–Trinajstić information content (AvgIpc) is 2.98. The molecule has 0 aliphatic carbocycles. The van der Waals surface area contributed by atoms with Crippen LogP contribution in [0.1, 0.15) is 17.4 Å². The smallest absolute Gasteiger partial charge is 0.205 e. The van der Waals surface area contributed by atoms with E-state index in [2.05, 4.69) is 20.4 Å². The van der Waals surface area contributed by atoms with E-state index in [1.54, 1.807) is 18.3 Å². The number of carbonyl (C=O) groups excluding carboxylic acids is 1. The monoisotopic (exact) mass is 265 g/mol. The van der Waals surface area contributed by atoms with E-state index in [9.17, 15) is 4.79 Å². The molecule has 0 spiro atoms. The number of hydrogen-bond donors (Lipinski definition) is 0. The Morgan fingerprint density at radius 3 is 2.55 bits per heavy atom. The normalized spacial score (nSPS) is 10.4. The molecule has 0 saturated carbocycles. The van der Waals surface area contributed by atoms with E-state index in [1.165, 1.54) is 11.7 Å². The number of ketones is 1. The Morgan fingerprint density at radius 2 is 1.90 bits per heavy atom. The summed E-state index contributed by atoms with van der Waals surface area (Å²) in [7, 11) is 0. The zero-order valence-corrected chi connectivity index (χ0v) is 10.8.